The highest BCUT2D eigenvalue weighted by atomic mass is 16.5. The van der Waals surface area contributed by atoms with Crippen molar-refractivity contribution in [2.45, 2.75) is 45.6 Å². The molecular weight excluding hydrogens is 204 g/mol. The maximum Gasteiger partial charge on any atom is 0.143 e. The molecule has 0 bridgehead atoms. The number of hydrogen-bond donors (Lipinski definition) is 2. The van der Waals surface area contributed by atoms with Gasteiger partial charge in [-0.15, -0.1) is 0 Å². The first-order chi connectivity index (χ1) is 7.54. The third-order valence-corrected chi connectivity index (χ3v) is 3.30. The first-order valence-electron chi connectivity index (χ1n) is 6.08. The van der Waals surface area contributed by atoms with Crippen molar-refractivity contribution in [2.75, 3.05) is 19.8 Å². The Hall–Kier alpha value is -0.450. The molecule has 2 N–H and O–H groups in total. The van der Waals surface area contributed by atoms with Crippen LogP contribution in [0.1, 0.15) is 40.0 Å². The molecule has 4 heteroatoms. The topological polar surface area (TPSA) is 50.4 Å². The molecule has 1 rings (SSSR count). The second-order valence-corrected chi connectivity index (χ2v) is 5.44. The second-order valence-electron chi connectivity index (χ2n) is 5.44. The number of carbonyl (C=O) groups excluding carboxylic acids is 1. The molecule has 1 aliphatic rings. The smallest absolute Gasteiger partial charge is 0.143 e. The standard InChI is InChI=1S/C12H24N2O2/c1-4-11(2,3)9-16-10-12(8-15)6-5-7-13-14-12/h8,13-14H,4-7,9-10H2,1-3H3. The molecule has 0 aliphatic carbocycles. The number of nitrogens with one attached hydrogen (secondary N) is 2. The van der Waals surface area contributed by atoms with Gasteiger partial charge < -0.3 is 9.53 Å². The zero-order valence-electron chi connectivity index (χ0n) is 10.6. The van der Waals surface area contributed by atoms with Crippen molar-refractivity contribution in [3.8, 4) is 0 Å². The minimum absolute atomic E-state index is 0.187. The molecule has 0 saturated carbocycles. The first kappa shape index (κ1) is 13.6. The molecule has 1 aliphatic heterocycles. The van der Waals surface area contributed by atoms with E-state index >= 15 is 0 Å². The Balaban J connectivity index is 2.36. The Kier molecular flexibility index (Phi) is 4.89. The van der Waals surface area contributed by atoms with Crippen molar-refractivity contribution in [1.82, 2.24) is 10.9 Å². The molecule has 1 saturated heterocycles. The minimum Gasteiger partial charge on any atom is -0.378 e. The molecule has 94 valence electrons. The Morgan fingerprint density at radius 3 is 2.75 bits per heavy atom. The van der Waals surface area contributed by atoms with Gasteiger partial charge in [-0.25, -0.2) is 5.43 Å². The fourth-order valence-electron chi connectivity index (χ4n) is 1.64. The van der Waals surface area contributed by atoms with Crippen molar-refractivity contribution < 1.29 is 9.53 Å². The van der Waals surface area contributed by atoms with E-state index in [-0.39, 0.29) is 5.41 Å². The molecule has 1 fully saturated rings. The molecule has 16 heavy (non-hydrogen) atoms. The summed E-state index contributed by atoms with van der Waals surface area (Å²) in [6.45, 7) is 8.56. The van der Waals surface area contributed by atoms with Gasteiger partial charge >= 0.3 is 0 Å². The maximum atomic E-state index is 11.1. The van der Waals surface area contributed by atoms with Crippen LogP contribution >= 0.6 is 0 Å². The van der Waals surface area contributed by atoms with Gasteiger partial charge in [-0.3, -0.25) is 5.43 Å². The van der Waals surface area contributed by atoms with E-state index in [1.54, 1.807) is 0 Å². The molecule has 1 heterocycles. The monoisotopic (exact) mass is 228 g/mol. The van der Waals surface area contributed by atoms with Gasteiger partial charge in [0.25, 0.3) is 0 Å². The number of ether oxygens (including phenoxy) is 1. The van der Waals surface area contributed by atoms with Gasteiger partial charge in [-0.2, -0.15) is 0 Å². The predicted octanol–water partition coefficient (Wildman–Crippen LogP) is 1.26. The Morgan fingerprint density at radius 2 is 2.25 bits per heavy atom. The van der Waals surface area contributed by atoms with Gasteiger partial charge in [0.2, 0.25) is 0 Å². The van der Waals surface area contributed by atoms with Crippen LogP contribution in [0.15, 0.2) is 0 Å². The lowest BCUT2D eigenvalue weighted by molar-refractivity contribution is -0.118. The van der Waals surface area contributed by atoms with Crippen LogP contribution in [0.2, 0.25) is 0 Å². The van der Waals surface area contributed by atoms with Gasteiger partial charge in [0.1, 0.15) is 11.8 Å². The summed E-state index contributed by atoms with van der Waals surface area (Å²) in [6, 6.07) is 0. The SMILES string of the molecule is CCC(C)(C)COCC1(C=O)CCCNN1. The first-order valence-corrected chi connectivity index (χ1v) is 6.08. The molecule has 0 radical (unpaired) electrons. The van der Waals surface area contributed by atoms with Gasteiger partial charge in [0.05, 0.1) is 13.2 Å². The third-order valence-electron chi connectivity index (χ3n) is 3.30. The summed E-state index contributed by atoms with van der Waals surface area (Å²) in [4.78, 5) is 11.1. The van der Waals surface area contributed by atoms with Gasteiger partial charge in [0.15, 0.2) is 0 Å². The summed E-state index contributed by atoms with van der Waals surface area (Å²) in [5, 5.41) is 0. The molecule has 0 aromatic rings. The van der Waals surface area contributed by atoms with Crippen LogP contribution in [0.25, 0.3) is 0 Å². The van der Waals surface area contributed by atoms with Crippen LogP contribution in [0.5, 0.6) is 0 Å². The average Bonchev–Trinajstić information content (AvgIpc) is 2.30. The Morgan fingerprint density at radius 1 is 1.50 bits per heavy atom. The van der Waals surface area contributed by atoms with Crippen LogP contribution in [-0.2, 0) is 9.53 Å². The van der Waals surface area contributed by atoms with Crippen molar-refractivity contribution in [2.24, 2.45) is 5.41 Å². The van der Waals surface area contributed by atoms with Crippen molar-refractivity contribution in [3.63, 3.8) is 0 Å². The summed E-state index contributed by atoms with van der Waals surface area (Å²) in [5.74, 6) is 0. The predicted molar refractivity (Wildman–Crippen MR) is 64.1 cm³/mol. The average molecular weight is 228 g/mol. The quantitative estimate of drug-likeness (QED) is 0.672. The van der Waals surface area contributed by atoms with E-state index < -0.39 is 5.54 Å². The Labute approximate surface area is 98.1 Å². The fourth-order valence-corrected chi connectivity index (χ4v) is 1.64. The van der Waals surface area contributed by atoms with E-state index in [4.69, 9.17) is 4.74 Å². The number of hydrazine groups is 1. The minimum atomic E-state index is -0.526. The molecule has 0 aromatic carbocycles. The van der Waals surface area contributed by atoms with Crippen molar-refractivity contribution in [3.05, 3.63) is 0 Å². The Bertz CT molecular complexity index is 223. The zero-order chi connectivity index (χ0) is 12.1. The lowest BCUT2D eigenvalue weighted by atomic mass is 9.91. The summed E-state index contributed by atoms with van der Waals surface area (Å²) >= 11 is 0. The van der Waals surface area contributed by atoms with Gasteiger partial charge in [-0.1, -0.05) is 20.8 Å². The highest BCUT2D eigenvalue weighted by Crippen LogP contribution is 2.21. The van der Waals surface area contributed by atoms with Crippen LogP contribution in [0.4, 0.5) is 0 Å². The van der Waals surface area contributed by atoms with E-state index in [1.807, 2.05) is 0 Å². The van der Waals surface area contributed by atoms with Gasteiger partial charge in [-0.05, 0) is 24.7 Å². The largest absolute Gasteiger partial charge is 0.378 e. The number of rotatable bonds is 6. The normalized spacial score (nSPS) is 26.7. The van der Waals surface area contributed by atoms with Crippen LogP contribution in [0.3, 0.4) is 0 Å². The summed E-state index contributed by atoms with van der Waals surface area (Å²) in [5.41, 5.74) is 5.73. The maximum absolute atomic E-state index is 11.1. The van der Waals surface area contributed by atoms with Gasteiger partial charge in [0, 0.05) is 6.54 Å². The van der Waals surface area contributed by atoms with Crippen molar-refractivity contribution >= 4 is 6.29 Å². The summed E-state index contributed by atoms with van der Waals surface area (Å²) in [6.07, 6.45) is 3.90. The number of hydrogen-bond acceptors (Lipinski definition) is 4. The van der Waals surface area contributed by atoms with E-state index in [2.05, 4.69) is 31.6 Å². The number of aldehydes is 1. The van der Waals surface area contributed by atoms with Crippen LogP contribution in [0, 0.1) is 5.41 Å². The number of carbonyl (C=O) groups is 1. The van der Waals surface area contributed by atoms with Crippen molar-refractivity contribution in [1.29, 1.82) is 0 Å². The third kappa shape index (κ3) is 3.85. The fraction of sp³-hybridized carbons (Fsp3) is 0.917. The highest BCUT2D eigenvalue weighted by Gasteiger charge is 2.32. The highest BCUT2D eigenvalue weighted by molar-refractivity contribution is 5.64. The van der Waals surface area contributed by atoms with E-state index in [9.17, 15) is 4.79 Å². The lowest BCUT2D eigenvalue weighted by Gasteiger charge is -2.34. The lowest BCUT2D eigenvalue weighted by Crippen LogP contribution is -2.60. The molecular formula is C12H24N2O2. The van der Waals surface area contributed by atoms with E-state index in [0.717, 1.165) is 32.1 Å². The molecule has 0 amide bonds. The molecule has 1 unspecified atom stereocenters. The van der Waals surface area contributed by atoms with Crippen LogP contribution < -0.4 is 10.9 Å². The summed E-state index contributed by atoms with van der Waals surface area (Å²) < 4.78 is 5.69. The molecule has 0 spiro atoms. The van der Waals surface area contributed by atoms with Crippen LogP contribution in [-0.4, -0.2) is 31.6 Å². The van der Waals surface area contributed by atoms with E-state index in [1.165, 1.54) is 0 Å². The molecule has 4 nitrogen and oxygen atoms in total. The molecule has 1 atom stereocenters. The summed E-state index contributed by atoms with van der Waals surface area (Å²) in [7, 11) is 0. The van der Waals surface area contributed by atoms with E-state index in [0.29, 0.717) is 13.2 Å². The second kappa shape index (κ2) is 5.75. The molecule has 0 aromatic heterocycles. The zero-order valence-corrected chi connectivity index (χ0v) is 10.6.